The Bertz CT molecular complexity index is 547. The van der Waals surface area contributed by atoms with E-state index in [1.165, 1.54) is 6.07 Å². The molecule has 1 aromatic carbocycles. The number of fused-ring (bicyclic) bond motifs is 1. The molecule has 1 unspecified atom stereocenters. The van der Waals surface area contributed by atoms with E-state index in [1.807, 2.05) is 13.8 Å². The largest absolute Gasteiger partial charge is 0.371 e. The van der Waals surface area contributed by atoms with Gasteiger partial charge >= 0.3 is 0 Å². The van der Waals surface area contributed by atoms with E-state index in [-0.39, 0.29) is 5.52 Å². The van der Waals surface area contributed by atoms with E-state index < -0.39 is 17.2 Å². The molecule has 0 bridgehead atoms. The number of hydrogen-bond acceptors (Lipinski definition) is 2. The summed E-state index contributed by atoms with van der Waals surface area (Å²) in [7, 11) is 1.56. The Labute approximate surface area is 97.8 Å². The van der Waals surface area contributed by atoms with Crippen molar-refractivity contribution in [3.8, 4) is 0 Å². The Morgan fingerprint density at radius 2 is 2.12 bits per heavy atom. The topological polar surface area (TPSA) is 37.9 Å². The number of ether oxygens (including phenoxy) is 1. The molecule has 0 aliphatic rings. The third-order valence-electron chi connectivity index (χ3n) is 3.17. The molecule has 0 radical (unpaired) electrons. The van der Waals surface area contributed by atoms with Crippen LogP contribution in [0.2, 0.25) is 0 Å². The number of halogens is 2. The number of benzene rings is 1. The molecule has 2 rings (SSSR count). The molecule has 92 valence electrons. The fourth-order valence-electron chi connectivity index (χ4n) is 1.68. The maximum atomic E-state index is 13.5. The van der Waals surface area contributed by atoms with Gasteiger partial charge in [-0.3, -0.25) is 0 Å². The average Bonchev–Trinajstić information content (AvgIpc) is 2.78. The van der Waals surface area contributed by atoms with Crippen LogP contribution in [0.4, 0.5) is 8.78 Å². The zero-order chi connectivity index (χ0) is 12.6. The summed E-state index contributed by atoms with van der Waals surface area (Å²) in [4.78, 5) is 7.05. The minimum absolute atomic E-state index is 0.0109. The minimum atomic E-state index is -0.931. The molecule has 0 aliphatic carbocycles. The zero-order valence-corrected chi connectivity index (χ0v) is 9.97. The number of imidazole rings is 1. The third-order valence-corrected chi connectivity index (χ3v) is 3.17. The second-order valence-corrected chi connectivity index (χ2v) is 4.13. The maximum Gasteiger partial charge on any atom is 0.186 e. The number of nitrogens with one attached hydrogen (secondary N) is 1. The Hall–Kier alpha value is -1.49. The number of nitrogens with zero attached hydrogens (tertiary/aromatic N) is 1. The first kappa shape index (κ1) is 12.0. The van der Waals surface area contributed by atoms with Crippen LogP contribution < -0.4 is 0 Å². The van der Waals surface area contributed by atoms with Crippen molar-refractivity contribution in [2.24, 2.45) is 0 Å². The number of hydrogen-bond donors (Lipinski definition) is 1. The number of aromatic nitrogens is 2. The van der Waals surface area contributed by atoms with Crippen LogP contribution in [0.5, 0.6) is 0 Å². The predicted molar refractivity (Wildman–Crippen MR) is 60.7 cm³/mol. The van der Waals surface area contributed by atoms with Gasteiger partial charge in [0.25, 0.3) is 0 Å². The quantitative estimate of drug-likeness (QED) is 0.895. The second-order valence-electron chi connectivity index (χ2n) is 4.13. The molecule has 1 atom stereocenters. The first-order valence-electron chi connectivity index (χ1n) is 5.41. The molecule has 0 aliphatic heterocycles. The van der Waals surface area contributed by atoms with Gasteiger partial charge in [0.05, 0.1) is 5.52 Å². The number of aromatic amines is 1. The SMILES string of the molecule is CCC(C)(OC)c1nc2c(F)c(F)ccc2[nH]1. The van der Waals surface area contributed by atoms with Gasteiger partial charge in [0.1, 0.15) is 16.9 Å². The van der Waals surface area contributed by atoms with E-state index in [1.54, 1.807) is 7.11 Å². The van der Waals surface area contributed by atoms with Crippen molar-refractivity contribution in [2.75, 3.05) is 7.11 Å². The first-order valence-corrected chi connectivity index (χ1v) is 5.41. The Morgan fingerprint density at radius 1 is 1.41 bits per heavy atom. The first-order chi connectivity index (χ1) is 8.01. The summed E-state index contributed by atoms with van der Waals surface area (Å²) in [5, 5.41) is 0. The van der Waals surface area contributed by atoms with Gasteiger partial charge < -0.3 is 9.72 Å². The van der Waals surface area contributed by atoms with E-state index in [4.69, 9.17) is 4.74 Å². The summed E-state index contributed by atoms with van der Waals surface area (Å²) in [6.07, 6.45) is 0.674. The molecule has 1 aromatic heterocycles. The van der Waals surface area contributed by atoms with Gasteiger partial charge in [-0.1, -0.05) is 6.92 Å². The molecule has 17 heavy (non-hydrogen) atoms. The molecular weight excluding hydrogens is 226 g/mol. The van der Waals surface area contributed by atoms with E-state index in [9.17, 15) is 8.78 Å². The zero-order valence-electron chi connectivity index (χ0n) is 9.97. The lowest BCUT2D eigenvalue weighted by molar-refractivity contribution is -0.00805. The van der Waals surface area contributed by atoms with Crippen LogP contribution in [0.25, 0.3) is 11.0 Å². The highest BCUT2D eigenvalue weighted by Crippen LogP contribution is 2.28. The fraction of sp³-hybridized carbons (Fsp3) is 0.417. The summed E-state index contributed by atoms with van der Waals surface area (Å²) in [5.74, 6) is -1.33. The van der Waals surface area contributed by atoms with Crippen molar-refractivity contribution in [3.63, 3.8) is 0 Å². The van der Waals surface area contributed by atoms with Gasteiger partial charge in [0, 0.05) is 7.11 Å². The van der Waals surface area contributed by atoms with Crippen LogP contribution in [0.15, 0.2) is 12.1 Å². The molecule has 3 nitrogen and oxygen atoms in total. The van der Waals surface area contributed by atoms with Crippen molar-refractivity contribution in [3.05, 3.63) is 29.6 Å². The van der Waals surface area contributed by atoms with Crippen molar-refractivity contribution in [2.45, 2.75) is 25.9 Å². The lowest BCUT2D eigenvalue weighted by atomic mass is 10.0. The van der Waals surface area contributed by atoms with Gasteiger partial charge in [-0.2, -0.15) is 0 Å². The number of rotatable bonds is 3. The monoisotopic (exact) mass is 240 g/mol. The second kappa shape index (κ2) is 4.07. The van der Waals surface area contributed by atoms with E-state index in [2.05, 4.69) is 9.97 Å². The molecule has 0 saturated heterocycles. The molecule has 5 heteroatoms. The highest BCUT2D eigenvalue weighted by molar-refractivity contribution is 5.76. The van der Waals surface area contributed by atoms with E-state index in [0.717, 1.165) is 6.07 Å². The smallest absolute Gasteiger partial charge is 0.186 e. The third kappa shape index (κ3) is 1.80. The lowest BCUT2D eigenvalue weighted by Crippen LogP contribution is -2.24. The number of methoxy groups -OCH3 is 1. The highest BCUT2D eigenvalue weighted by Gasteiger charge is 2.28. The van der Waals surface area contributed by atoms with Crippen molar-refractivity contribution in [1.29, 1.82) is 0 Å². The van der Waals surface area contributed by atoms with Crippen LogP contribution in [0, 0.1) is 11.6 Å². The highest BCUT2D eigenvalue weighted by atomic mass is 19.2. The van der Waals surface area contributed by atoms with Crippen LogP contribution in [-0.4, -0.2) is 17.1 Å². The Morgan fingerprint density at radius 3 is 2.71 bits per heavy atom. The standard InChI is InChI=1S/C12H14F2N2O/c1-4-12(2,17-3)11-15-8-6-5-7(13)9(14)10(8)16-11/h5-6H,4H2,1-3H3,(H,15,16). The van der Waals surface area contributed by atoms with Gasteiger partial charge in [-0.25, -0.2) is 13.8 Å². The van der Waals surface area contributed by atoms with Crippen LogP contribution in [0.1, 0.15) is 26.1 Å². The summed E-state index contributed by atoms with van der Waals surface area (Å²) < 4.78 is 31.9. The lowest BCUT2D eigenvalue weighted by Gasteiger charge is -2.23. The fourth-order valence-corrected chi connectivity index (χ4v) is 1.68. The van der Waals surface area contributed by atoms with Gasteiger partial charge in [0.15, 0.2) is 11.6 Å². The molecule has 0 saturated carbocycles. The average molecular weight is 240 g/mol. The van der Waals surface area contributed by atoms with Crippen LogP contribution in [-0.2, 0) is 10.3 Å². The van der Waals surface area contributed by atoms with Gasteiger partial charge in [-0.15, -0.1) is 0 Å². The molecule has 1 heterocycles. The molecular formula is C12H14F2N2O. The summed E-state index contributed by atoms with van der Waals surface area (Å²) in [6.45, 7) is 3.78. The summed E-state index contributed by atoms with van der Waals surface area (Å²) in [6, 6.07) is 2.55. The summed E-state index contributed by atoms with van der Waals surface area (Å²) in [5.41, 5.74) is -0.144. The van der Waals surface area contributed by atoms with E-state index >= 15 is 0 Å². The molecule has 0 amide bonds. The van der Waals surface area contributed by atoms with Crippen molar-refractivity contribution in [1.82, 2.24) is 9.97 Å². The van der Waals surface area contributed by atoms with Crippen LogP contribution >= 0.6 is 0 Å². The van der Waals surface area contributed by atoms with Crippen molar-refractivity contribution < 1.29 is 13.5 Å². The molecule has 0 fully saturated rings. The van der Waals surface area contributed by atoms with Crippen LogP contribution in [0.3, 0.4) is 0 Å². The summed E-state index contributed by atoms with van der Waals surface area (Å²) >= 11 is 0. The molecule has 0 spiro atoms. The Balaban J connectivity index is 2.63. The Kier molecular flexibility index (Phi) is 2.87. The maximum absolute atomic E-state index is 13.5. The predicted octanol–water partition coefficient (Wildman–Crippen LogP) is 3.11. The molecule has 2 aromatic rings. The van der Waals surface area contributed by atoms with Gasteiger partial charge in [0.2, 0.25) is 0 Å². The van der Waals surface area contributed by atoms with Crippen molar-refractivity contribution >= 4 is 11.0 Å². The van der Waals surface area contributed by atoms with E-state index in [0.29, 0.717) is 17.8 Å². The van der Waals surface area contributed by atoms with Gasteiger partial charge in [-0.05, 0) is 25.5 Å². The minimum Gasteiger partial charge on any atom is -0.371 e. The molecule has 1 N–H and O–H groups in total. The number of H-pyrrole nitrogens is 1. The normalized spacial score (nSPS) is 15.1.